The number of carbonyl (C=O) groups is 2. The second kappa shape index (κ2) is 7.70. The van der Waals surface area contributed by atoms with Gasteiger partial charge in [-0.1, -0.05) is 12.1 Å². The number of hydrogen-bond acceptors (Lipinski definition) is 4. The molecule has 2 atom stereocenters. The number of allylic oxidation sites excluding steroid dienone is 2. The summed E-state index contributed by atoms with van der Waals surface area (Å²) < 4.78 is 24.1. The number of carbonyl (C=O) groups excluding carboxylic acids is 2. The minimum Gasteiger partial charge on any atom is -0.497 e. The van der Waals surface area contributed by atoms with Crippen molar-refractivity contribution in [3.63, 3.8) is 0 Å². The third-order valence-electron chi connectivity index (χ3n) is 5.69. The van der Waals surface area contributed by atoms with E-state index < -0.39 is 0 Å². The maximum atomic E-state index is 13.3. The fourth-order valence-electron chi connectivity index (χ4n) is 4.31. The summed E-state index contributed by atoms with van der Waals surface area (Å²) in [6.45, 7) is 0. The fraction of sp³-hybridized carbons (Fsp3) is 0.304. The van der Waals surface area contributed by atoms with Crippen LogP contribution in [0.25, 0.3) is 0 Å². The number of ether oxygens (including phenoxy) is 2. The van der Waals surface area contributed by atoms with Crippen molar-refractivity contribution in [2.75, 3.05) is 14.2 Å². The Balaban J connectivity index is 1.75. The van der Waals surface area contributed by atoms with Crippen molar-refractivity contribution >= 4 is 11.7 Å². The van der Waals surface area contributed by atoms with Crippen molar-refractivity contribution in [2.24, 2.45) is 0 Å². The lowest BCUT2D eigenvalue weighted by Gasteiger charge is -2.35. The van der Waals surface area contributed by atoms with E-state index >= 15 is 0 Å². The number of benzene rings is 2. The number of halogens is 1. The molecule has 1 aliphatic heterocycles. The molecule has 2 aromatic rings. The second-order valence-electron chi connectivity index (χ2n) is 7.38. The molecule has 150 valence electrons. The summed E-state index contributed by atoms with van der Waals surface area (Å²) in [5.74, 6) is 0.333. The fourth-order valence-corrected chi connectivity index (χ4v) is 4.31. The van der Waals surface area contributed by atoms with Gasteiger partial charge in [-0.15, -0.1) is 0 Å². The van der Waals surface area contributed by atoms with Crippen LogP contribution in [0.15, 0.2) is 53.7 Å². The predicted molar refractivity (Wildman–Crippen MR) is 105 cm³/mol. The van der Waals surface area contributed by atoms with E-state index in [1.54, 1.807) is 38.5 Å². The molecule has 2 aromatic carbocycles. The number of ketones is 1. The largest absolute Gasteiger partial charge is 0.497 e. The Morgan fingerprint density at radius 2 is 1.72 bits per heavy atom. The van der Waals surface area contributed by atoms with E-state index in [2.05, 4.69) is 5.32 Å². The quantitative estimate of drug-likeness (QED) is 0.854. The number of nitrogens with one attached hydrogen (secondary N) is 1. The molecule has 0 radical (unpaired) electrons. The molecule has 0 aromatic heterocycles. The molecular formula is C23H22FNO4. The highest BCUT2D eigenvalue weighted by Gasteiger charge is 2.39. The zero-order valence-electron chi connectivity index (χ0n) is 16.3. The van der Waals surface area contributed by atoms with E-state index in [-0.39, 0.29) is 35.8 Å². The highest BCUT2D eigenvalue weighted by atomic mass is 19.1. The van der Waals surface area contributed by atoms with Gasteiger partial charge in [0.25, 0.3) is 0 Å². The Hall–Kier alpha value is -3.15. The van der Waals surface area contributed by atoms with Gasteiger partial charge in [0.1, 0.15) is 17.3 Å². The first-order chi connectivity index (χ1) is 14.0. The molecule has 2 aliphatic rings. The zero-order chi connectivity index (χ0) is 20.5. The minimum atomic E-state index is -0.384. The van der Waals surface area contributed by atoms with E-state index in [0.717, 1.165) is 11.1 Å². The van der Waals surface area contributed by atoms with Gasteiger partial charge in [0.2, 0.25) is 5.91 Å². The van der Waals surface area contributed by atoms with Crippen LogP contribution in [0.3, 0.4) is 0 Å². The van der Waals surface area contributed by atoms with E-state index in [9.17, 15) is 14.0 Å². The molecule has 6 heteroatoms. The maximum Gasteiger partial charge on any atom is 0.225 e. The molecule has 29 heavy (non-hydrogen) atoms. The lowest BCUT2D eigenvalue weighted by molar-refractivity contribution is -0.122. The monoisotopic (exact) mass is 395 g/mol. The molecule has 0 bridgehead atoms. The molecule has 1 heterocycles. The summed E-state index contributed by atoms with van der Waals surface area (Å²) in [4.78, 5) is 25.6. The van der Waals surface area contributed by atoms with Crippen LogP contribution in [0.4, 0.5) is 4.39 Å². The van der Waals surface area contributed by atoms with Crippen LogP contribution >= 0.6 is 0 Å². The van der Waals surface area contributed by atoms with Gasteiger partial charge in [-0.2, -0.15) is 0 Å². The predicted octanol–water partition coefficient (Wildman–Crippen LogP) is 3.85. The van der Waals surface area contributed by atoms with E-state index in [1.165, 1.54) is 12.1 Å². The van der Waals surface area contributed by atoms with Crippen LogP contribution in [-0.4, -0.2) is 25.9 Å². The zero-order valence-corrected chi connectivity index (χ0v) is 16.3. The van der Waals surface area contributed by atoms with Gasteiger partial charge in [-0.05, 0) is 48.2 Å². The van der Waals surface area contributed by atoms with Crippen LogP contribution in [-0.2, 0) is 9.59 Å². The first kappa shape index (κ1) is 19.2. The standard InChI is InChI=1S/C23H22FNO4/c1-28-16-7-8-21(29-2)17(11-16)18-12-22(27)25-19-9-14(10-20(26)23(18)19)13-3-5-15(24)6-4-13/h3-8,11,14,18H,9-10,12H2,1-2H3,(H,25,27)/t14-,18+/m1/s1. The molecule has 0 unspecified atom stereocenters. The SMILES string of the molecule is COc1ccc(OC)c([C@@H]2CC(=O)NC3=C2C(=O)C[C@H](c2ccc(F)cc2)C3)c1. The Bertz CT molecular complexity index is 996. The molecule has 5 nitrogen and oxygen atoms in total. The summed E-state index contributed by atoms with van der Waals surface area (Å²) in [7, 11) is 3.14. The van der Waals surface area contributed by atoms with Crippen LogP contribution in [0, 0.1) is 5.82 Å². The average Bonchev–Trinajstić information content (AvgIpc) is 2.72. The van der Waals surface area contributed by atoms with Gasteiger partial charge in [-0.25, -0.2) is 4.39 Å². The van der Waals surface area contributed by atoms with Crippen molar-refractivity contribution < 1.29 is 23.5 Å². The number of hydrogen-bond donors (Lipinski definition) is 1. The van der Waals surface area contributed by atoms with Gasteiger partial charge in [-0.3, -0.25) is 9.59 Å². The van der Waals surface area contributed by atoms with Gasteiger partial charge >= 0.3 is 0 Å². The first-order valence-corrected chi connectivity index (χ1v) is 9.53. The Morgan fingerprint density at radius 3 is 2.41 bits per heavy atom. The molecule has 0 fully saturated rings. The highest BCUT2D eigenvalue weighted by Crippen LogP contribution is 2.45. The molecule has 0 saturated carbocycles. The number of amides is 1. The number of methoxy groups -OCH3 is 2. The van der Waals surface area contributed by atoms with Gasteiger partial charge in [0.15, 0.2) is 5.78 Å². The Kier molecular flexibility index (Phi) is 5.09. The van der Waals surface area contributed by atoms with Gasteiger partial charge in [0.05, 0.1) is 14.2 Å². The highest BCUT2D eigenvalue weighted by molar-refractivity contribution is 6.02. The Morgan fingerprint density at radius 1 is 0.966 bits per heavy atom. The van der Waals surface area contributed by atoms with Crippen LogP contribution in [0.1, 0.15) is 42.2 Å². The topological polar surface area (TPSA) is 64.6 Å². The van der Waals surface area contributed by atoms with Gasteiger partial charge < -0.3 is 14.8 Å². The van der Waals surface area contributed by atoms with E-state index in [1.807, 2.05) is 6.07 Å². The maximum absolute atomic E-state index is 13.3. The molecule has 0 spiro atoms. The van der Waals surface area contributed by atoms with Crippen LogP contribution in [0.5, 0.6) is 11.5 Å². The molecule has 0 saturated heterocycles. The van der Waals surface area contributed by atoms with Crippen molar-refractivity contribution in [1.29, 1.82) is 0 Å². The summed E-state index contributed by atoms with van der Waals surface area (Å²) in [6, 6.07) is 11.6. The van der Waals surface area contributed by atoms with Crippen molar-refractivity contribution in [3.8, 4) is 11.5 Å². The van der Waals surface area contributed by atoms with Gasteiger partial charge in [0, 0.05) is 35.6 Å². The van der Waals surface area contributed by atoms with E-state index in [0.29, 0.717) is 35.6 Å². The van der Waals surface area contributed by atoms with Crippen LogP contribution < -0.4 is 14.8 Å². The van der Waals surface area contributed by atoms with E-state index in [4.69, 9.17) is 9.47 Å². The smallest absolute Gasteiger partial charge is 0.225 e. The van der Waals surface area contributed by atoms with Crippen molar-refractivity contribution in [3.05, 3.63) is 70.7 Å². The Labute approximate surface area is 168 Å². The molecule has 1 aliphatic carbocycles. The first-order valence-electron chi connectivity index (χ1n) is 9.53. The summed E-state index contributed by atoms with van der Waals surface area (Å²) >= 11 is 0. The second-order valence-corrected chi connectivity index (χ2v) is 7.38. The molecular weight excluding hydrogens is 373 g/mol. The average molecular weight is 395 g/mol. The third-order valence-corrected chi connectivity index (χ3v) is 5.69. The van der Waals surface area contributed by atoms with Crippen molar-refractivity contribution in [2.45, 2.75) is 31.1 Å². The summed E-state index contributed by atoms with van der Waals surface area (Å²) in [6.07, 6.45) is 1.03. The molecule has 4 rings (SSSR count). The lowest BCUT2D eigenvalue weighted by atomic mass is 9.73. The number of Topliss-reactive ketones (excluding diaryl/α,β-unsaturated/α-hetero) is 1. The molecule has 1 amide bonds. The van der Waals surface area contributed by atoms with Crippen molar-refractivity contribution in [1.82, 2.24) is 5.32 Å². The summed E-state index contributed by atoms with van der Waals surface area (Å²) in [5, 5.41) is 2.90. The lowest BCUT2D eigenvalue weighted by Crippen LogP contribution is -2.38. The summed E-state index contributed by atoms with van der Waals surface area (Å²) in [5.41, 5.74) is 2.95. The number of rotatable bonds is 4. The molecule has 1 N–H and O–H groups in total. The minimum absolute atomic E-state index is 0.00421. The van der Waals surface area contributed by atoms with Crippen LogP contribution in [0.2, 0.25) is 0 Å². The third kappa shape index (κ3) is 3.62. The normalized spacial score (nSPS) is 21.5.